The number of ketones is 2. The summed E-state index contributed by atoms with van der Waals surface area (Å²) in [6.45, 7) is 9.24. The van der Waals surface area contributed by atoms with Gasteiger partial charge in [0.05, 0.1) is 5.70 Å². The molecule has 0 amide bonds. The van der Waals surface area contributed by atoms with Crippen molar-refractivity contribution in [1.29, 1.82) is 0 Å². The molecule has 3 aliphatic heterocycles. The first-order chi connectivity index (χ1) is 12.9. The first-order valence-corrected chi connectivity index (χ1v) is 12.4. The Hall–Kier alpha value is -2.38. The molecule has 7 heteroatoms. The van der Waals surface area contributed by atoms with Gasteiger partial charge in [0.25, 0.3) is 0 Å². The molecule has 0 saturated carbocycles. The highest BCUT2D eigenvalue weighted by Crippen LogP contribution is 2.33. The van der Waals surface area contributed by atoms with Gasteiger partial charge in [0.2, 0.25) is 19.9 Å². The minimum Gasteiger partial charge on any atom is -0.428 e. The predicted octanol–water partition coefficient (Wildman–Crippen LogP) is 0.272. The Morgan fingerprint density at radius 3 is 1.78 bits per heavy atom. The normalized spacial score (nSPS) is 21.0. The van der Waals surface area contributed by atoms with Crippen molar-refractivity contribution >= 4 is 25.1 Å². The molecule has 1 aliphatic carbocycles. The molecule has 3 fully saturated rings. The van der Waals surface area contributed by atoms with Crippen molar-refractivity contribution in [3.05, 3.63) is 53.5 Å². The predicted molar refractivity (Wildman–Crippen MR) is 106 cm³/mol. The van der Waals surface area contributed by atoms with Gasteiger partial charge in [-0.15, -0.1) is 0 Å². The lowest BCUT2D eigenvalue weighted by atomic mass is 10.0. The molecular formula is C20H25N3O3Si. The van der Waals surface area contributed by atoms with Crippen LogP contribution in [0.4, 0.5) is 0 Å². The van der Waals surface area contributed by atoms with Crippen molar-refractivity contribution in [1.82, 2.24) is 14.7 Å². The largest absolute Gasteiger partial charge is 0.428 e. The maximum atomic E-state index is 12.4. The maximum Gasteiger partial charge on any atom is 0.227 e. The molecule has 3 saturated heterocycles. The fraction of sp³-hybridized carbons (Fsp3) is 0.400. The van der Waals surface area contributed by atoms with E-state index in [1.165, 1.54) is 6.08 Å². The van der Waals surface area contributed by atoms with Crippen LogP contribution in [0.3, 0.4) is 0 Å². The highest BCUT2D eigenvalue weighted by molar-refractivity contribution is 6.83. The van der Waals surface area contributed by atoms with Crippen LogP contribution in [0.25, 0.3) is 0 Å². The summed E-state index contributed by atoms with van der Waals surface area (Å²) in [7, 11) is -2.03. The minimum absolute atomic E-state index is 0.00546. The van der Waals surface area contributed by atoms with Gasteiger partial charge in [0.1, 0.15) is 11.4 Å². The van der Waals surface area contributed by atoms with Crippen molar-refractivity contribution in [3.63, 3.8) is 0 Å². The molecule has 27 heavy (non-hydrogen) atoms. The van der Waals surface area contributed by atoms with Crippen LogP contribution in [0.1, 0.15) is 0 Å². The summed E-state index contributed by atoms with van der Waals surface area (Å²) < 4.78 is 0. The third-order valence-electron chi connectivity index (χ3n) is 4.97. The molecule has 0 unspecified atom stereocenters. The molecule has 0 aromatic heterocycles. The molecule has 6 nitrogen and oxygen atoms in total. The lowest BCUT2D eigenvalue weighted by Gasteiger charge is -2.21. The second-order valence-electron chi connectivity index (χ2n) is 7.81. The van der Waals surface area contributed by atoms with E-state index in [0.29, 0.717) is 17.1 Å². The monoisotopic (exact) mass is 383 g/mol. The van der Waals surface area contributed by atoms with Crippen LogP contribution in [0.15, 0.2) is 53.5 Å². The van der Waals surface area contributed by atoms with Gasteiger partial charge < -0.3 is 19.5 Å². The van der Waals surface area contributed by atoms with Gasteiger partial charge in [-0.05, 0) is 18.3 Å². The molecule has 1 N–H and O–H groups in total. The average Bonchev–Trinajstić information content (AvgIpc) is 3.48. The van der Waals surface area contributed by atoms with Crippen LogP contribution in [0, 0.1) is 0 Å². The van der Waals surface area contributed by atoms with Crippen molar-refractivity contribution in [2.24, 2.45) is 0 Å². The van der Waals surface area contributed by atoms with Crippen LogP contribution in [0.5, 0.6) is 0 Å². The quantitative estimate of drug-likeness (QED) is 0.458. The van der Waals surface area contributed by atoms with E-state index >= 15 is 0 Å². The van der Waals surface area contributed by atoms with Crippen molar-refractivity contribution in [2.75, 3.05) is 39.3 Å². The Kier molecular flexibility index (Phi) is 4.43. The lowest BCUT2D eigenvalue weighted by Crippen LogP contribution is -2.40. The zero-order chi connectivity index (χ0) is 19.2. The van der Waals surface area contributed by atoms with Crippen molar-refractivity contribution in [3.8, 4) is 0 Å². The third kappa shape index (κ3) is 3.99. The Labute approximate surface area is 160 Å². The average molecular weight is 384 g/mol. The van der Waals surface area contributed by atoms with Gasteiger partial charge in [-0.3, -0.25) is 9.59 Å². The first kappa shape index (κ1) is 18.0. The fourth-order valence-corrected chi connectivity index (χ4v) is 4.13. The molecule has 0 atom stereocenters. The molecule has 1 aromatic carbocycles. The standard InChI is InChI=1S/C12H13N3O2.C8H12OSi/c16-9-7-8(13-1-2-13)12(17)11(15-5-6-15)10(9)14-3-4-14;1-10(2,9)8-6-4-3-5-7-8/h7H,1-6H2;3-7,9H,1-2H3. The van der Waals surface area contributed by atoms with Crippen LogP contribution in [-0.2, 0) is 9.59 Å². The maximum absolute atomic E-state index is 12.4. The summed E-state index contributed by atoms with van der Waals surface area (Å²) >= 11 is 0. The Morgan fingerprint density at radius 1 is 0.815 bits per heavy atom. The van der Waals surface area contributed by atoms with E-state index in [9.17, 15) is 14.4 Å². The summed E-state index contributed by atoms with van der Waals surface area (Å²) in [5.41, 5.74) is 1.89. The van der Waals surface area contributed by atoms with Crippen molar-refractivity contribution < 1.29 is 14.4 Å². The smallest absolute Gasteiger partial charge is 0.227 e. The number of benzene rings is 1. The zero-order valence-electron chi connectivity index (χ0n) is 15.8. The number of rotatable bonds is 4. The number of carbonyl (C=O) groups is 2. The van der Waals surface area contributed by atoms with E-state index in [-0.39, 0.29) is 11.6 Å². The van der Waals surface area contributed by atoms with Gasteiger partial charge >= 0.3 is 0 Å². The summed E-state index contributed by atoms with van der Waals surface area (Å²) in [6.07, 6.45) is 1.52. The van der Waals surface area contributed by atoms with Crippen LogP contribution in [-0.4, -0.2) is 78.6 Å². The zero-order valence-corrected chi connectivity index (χ0v) is 16.8. The number of Topliss-reactive ketones (excluding diaryl/α,β-unsaturated/α-hetero) is 1. The van der Waals surface area contributed by atoms with Gasteiger partial charge in [-0.25, -0.2) is 0 Å². The number of hydrogen-bond donors (Lipinski definition) is 1. The molecule has 1 aromatic rings. The second-order valence-corrected chi connectivity index (χ2v) is 11.5. The van der Waals surface area contributed by atoms with Crippen molar-refractivity contribution in [2.45, 2.75) is 13.1 Å². The molecule has 4 aliphatic rings. The minimum atomic E-state index is -2.03. The van der Waals surface area contributed by atoms with E-state index < -0.39 is 8.32 Å². The Morgan fingerprint density at radius 2 is 1.33 bits per heavy atom. The van der Waals surface area contributed by atoms with E-state index in [0.717, 1.165) is 44.5 Å². The SMILES string of the molecule is C[Si](C)(O)c1ccccc1.O=C1C=C(N2CC2)C(=O)C(N2CC2)=C1N1CC1. The summed E-state index contributed by atoms with van der Waals surface area (Å²) in [4.78, 5) is 40.1. The molecule has 0 bridgehead atoms. The van der Waals surface area contributed by atoms with Crippen LogP contribution >= 0.6 is 0 Å². The molecule has 3 heterocycles. The number of nitrogens with zero attached hydrogens (tertiary/aromatic N) is 3. The van der Waals surface area contributed by atoms with E-state index in [4.69, 9.17) is 0 Å². The molecule has 142 valence electrons. The summed E-state index contributed by atoms with van der Waals surface area (Å²) in [5.74, 6) is 0.0485. The molecule has 5 rings (SSSR count). The van der Waals surface area contributed by atoms with Gasteiger partial charge in [0, 0.05) is 45.3 Å². The molecule has 0 spiro atoms. The van der Waals surface area contributed by atoms with E-state index in [1.54, 1.807) is 0 Å². The molecular weight excluding hydrogens is 358 g/mol. The van der Waals surface area contributed by atoms with Gasteiger partial charge in [-0.2, -0.15) is 0 Å². The highest BCUT2D eigenvalue weighted by Gasteiger charge is 2.43. The van der Waals surface area contributed by atoms with Crippen LogP contribution in [0.2, 0.25) is 13.1 Å². The number of allylic oxidation sites excluding steroid dienone is 1. The van der Waals surface area contributed by atoms with Gasteiger partial charge in [-0.1, -0.05) is 30.3 Å². The first-order valence-electron chi connectivity index (χ1n) is 9.44. The number of carbonyl (C=O) groups excluding carboxylic acids is 2. The lowest BCUT2D eigenvalue weighted by molar-refractivity contribution is -0.117. The fourth-order valence-electron chi connectivity index (χ4n) is 3.12. The second kappa shape index (κ2) is 6.65. The Bertz CT molecular complexity index is 830. The van der Waals surface area contributed by atoms with E-state index in [2.05, 4.69) is 0 Å². The third-order valence-corrected chi connectivity index (χ3v) is 6.71. The Balaban J connectivity index is 0.000000155. The topological polar surface area (TPSA) is 63.4 Å². The number of hydrogen-bond acceptors (Lipinski definition) is 6. The summed E-state index contributed by atoms with van der Waals surface area (Å²) in [6, 6.07) is 9.84. The van der Waals surface area contributed by atoms with Crippen LogP contribution < -0.4 is 5.19 Å². The molecule has 0 radical (unpaired) electrons. The highest BCUT2D eigenvalue weighted by atomic mass is 28.4. The van der Waals surface area contributed by atoms with E-state index in [1.807, 2.05) is 58.1 Å². The summed E-state index contributed by atoms with van der Waals surface area (Å²) in [5, 5.41) is 1.09. The van der Waals surface area contributed by atoms with Gasteiger partial charge in [0.15, 0.2) is 0 Å².